The number of anilines is 1. The molecule has 12 heteroatoms. The summed E-state index contributed by atoms with van der Waals surface area (Å²) >= 11 is 11.9. The summed E-state index contributed by atoms with van der Waals surface area (Å²) in [5.74, 6) is -0.385. The van der Waals surface area contributed by atoms with Gasteiger partial charge < -0.3 is 9.80 Å². The van der Waals surface area contributed by atoms with Crippen LogP contribution in [0.4, 0.5) is 18.9 Å². The van der Waals surface area contributed by atoms with Crippen molar-refractivity contribution in [2.24, 2.45) is 0 Å². The zero-order chi connectivity index (χ0) is 24.4. The van der Waals surface area contributed by atoms with Gasteiger partial charge in [-0.3, -0.25) is 4.79 Å². The van der Waals surface area contributed by atoms with Gasteiger partial charge in [0.2, 0.25) is 15.9 Å². The largest absolute Gasteiger partial charge is 0.416 e. The Bertz CT molecular complexity index is 1120. The maximum absolute atomic E-state index is 13.0. The van der Waals surface area contributed by atoms with Gasteiger partial charge >= 0.3 is 6.18 Å². The first-order chi connectivity index (χ1) is 15.3. The second kappa shape index (κ2) is 10.1. The normalized spacial score (nSPS) is 15.2. The van der Waals surface area contributed by atoms with Crippen LogP contribution in [-0.4, -0.2) is 62.5 Å². The third-order valence-electron chi connectivity index (χ3n) is 5.29. The molecular formula is C21H22Cl2F3N3O3S. The third kappa shape index (κ3) is 6.75. The van der Waals surface area contributed by atoms with E-state index in [9.17, 15) is 26.4 Å². The van der Waals surface area contributed by atoms with Crippen molar-refractivity contribution in [1.82, 2.24) is 9.21 Å². The molecule has 1 saturated heterocycles. The van der Waals surface area contributed by atoms with Gasteiger partial charge in [-0.2, -0.15) is 17.5 Å². The number of benzene rings is 2. The summed E-state index contributed by atoms with van der Waals surface area (Å²) in [6.45, 7) is 0.782. The number of nitrogens with zero attached hydrogens (tertiary/aromatic N) is 3. The number of alkyl halides is 3. The molecule has 180 valence electrons. The fourth-order valence-corrected chi connectivity index (χ4v) is 4.53. The van der Waals surface area contributed by atoms with E-state index in [1.807, 2.05) is 0 Å². The molecule has 0 aromatic heterocycles. The summed E-state index contributed by atoms with van der Waals surface area (Å²) in [5, 5.41) is 0.612. The lowest BCUT2D eigenvalue weighted by atomic mass is 10.1. The Balaban J connectivity index is 1.63. The van der Waals surface area contributed by atoms with E-state index >= 15 is 0 Å². The second-order valence-electron chi connectivity index (χ2n) is 7.70. The van der Waals surface area contributed by atoms with Crippen LogP contribution >= 0.6 is 23.2 Å². The molecule has 0 bridgehead atoms. The number of carbonyl (C=O) groups is 1. The Morgan fingerprint density at radius 2 is 1.70 bits per heavy atom. The Morgan fingerprint density at radius 3 is 2.27 bits per heavy atom. The van der Waals surface area contributed by atoms with Gasteiger partial charge in [-0.25, -0.2) is 8.42 Å². The first-order valence-corrected chi connectivity index (χ1v) is 12.5. The quantitative estimate of drug-likeness (QED) is 0.571. The Hall–Kier alpha value is -2.01. The van der Waals surface area contributed by atoms with Crippen LogP contribution in [0.2, 0.25) is 10.0 Å². The molecule has 3 rings (SSSR count). The van der Waals surface area contributed by atoms with E-state index in [2.05, 4.69) is 0 Å². The summed E-state index contributed by atoms with van der Waals surface area (Å²) in [6.07, 6.45) is -3.42. The van der Waals surface area contributed by atoms with Gasteiger partial charge in [0.15, 0.2) is 0 Å². The number of hydrogen-bond acceptors (Lipinski definition) is 4. The van der Waals surface area contributed by atoms with Crippen LogP contribution in [0.25, 0.3) is 0 Å². The van der Waals surface area contributed by atoms with Gasteiger partial charge in [0.05, 0.1) is 28.4 Å². The lowest BCUT2D eigenvalue weighted by Crippen LogP contribution is -2.51. The van der Waals surface area contributed by atoms with E-state index in [0.29, 0.717) is 29.4 Å². The van der Waals surface area contributed by atoms with E-state index < -0.39 is 21.8 Å². The molecule has 0 N–H and O–H groups in total. The predicted molar refractivity (Wildman–Crippen MR) is 122 cm³/mol. The van der Waals surface area contributed by atoms with E-state index in [1.165, 1.54) is 11.0 Å². The van der Waals surface area contributed by atoms with Gasteiger partial charge in [-0.15, -0.1) is 0 Å². The Labute approximate surface area is 200 Å². The average Bonchev–Trinajstić information content (AvgIpc) is 2.74. The molecule has 0 saturated carbocycles. The van der Waals surface area contributed by atoms with E-state index in [0.717, 1.165) is 22.7 Å². The molecule has 0 atom stereocenters. The SMILES string of the molecule is CS(=O)(=O)N(CC(=O)N1CCN(c2cccc(C(F)(F)F)c2)CC1)Cc1ccc(Cl)c(Cl)c1. The zero-order valence-electron chi connectivity index (χ0n) is 17.6. The minimum atomic E-state index is -4.43. The van der Waals surface area contributed by atoms with Crippen molar-refractivity contribution in [3.05, 3.63) is 63.6 Å². The van der Waals surface area contributed by atoms with Crippen molar-refractivity contribution < 1.29 is 26.4 Å². The maximum Gasteiger partial charge on any atom is 0.416 e. The molecule has 2 aromatic carbocycles. The Morgan fingerprint density at radius 1 is 1.03 bits per heavy atom. The van der Waals surface area contributed by atoms with Gasteiger partial charge in [0.1, 0.15) is 0 Å². The minimum absolute atomic E-state index is 0.0499. The van der Waals surface area contributed by atoms with E-state index in [4.69, 9.17) is 23.2 Å². The summed E-state index contributed by atoms with van der Waals surface area (Å²) < 4.78 is 64.5. The monoisotopic (exact) mass is 523 g/mol. The number of amides is 1. The van der Waals surface area contributed by atoms with Crippen LogP contribution in [0.3, 0.4) is 0 Å². The summed E-state index contributed by atoms with van der Waals surface area (Å²) in [6, 6.07) is 9.76. The smallest absolute Gasteiger partial charge is 0.368 e. The predicted octanol–water partition coefficient (Wildman–Crippen LogP) is 4.12. The van der Waals surface area contributed by atoms with Gasteiger partial charge in [-0.05, 0) is 35.9 Å². The number of hydrogen-bond donors (Lipinski definition) is 0. The summed E-state index contributed by atoms with van der Waals surface area (Å²) in [4.78, 5) is 16.1. The second-order valence-corrected chi connectivity index (χ2v) is 10.5. The molecule has 1 aliphatic heterocycles. The number of rotatable bonds is 6. The highest BCUT2D eigenvalue weighted by atomic mass is 35.5. The standard InChI is InChI=1S/C21H22Cl2F3N3O3S/c1-33(31,32)29(13-15-5-6-18(22)19(23)11-15)14-20(30)28-9-7-27(8-10-28)17-4-2-3-16(12-17)21(24,25)26/h2-6,11-12H,7-10,13-14H2,1H3. The fraction of sp³-hybridized carbons (Fsp3) is 0.381. The highest BCUT2D eigenvalue weighted by Crippen LogP contribution is 2.32. The van der Waals surface area contributed by atoms with E-state index in [1.54, 1.807) is 29.2 Å². The molecule has 0 aliphatic carbocycles. The van der Waals surface area contributed by atoms with Crippen molar-refractivity contribution >= 4 is 44.8 Å². The van der Waals surface area contributed by atoms with Crippen molar-refractivity contribution in [3.63, 3.8) is 0 Å². The van der Waals surface area contributed by atoms with Gasteiger partial charge in [0, 0.05) is 38.4 Å². The third-order valence-corrected chi connectivity index (χ3v) is 7.23. The van der Waals surface area contributed by atoms with Crippen LogP contribution in [0.1, 0.15) is 11.1 Å². The molecule has 0 spiro atoms. The molecule has 0 unspecified atom stereocenters. The molecule has 2 aromatic rings. The van der Waals surface area contributed by atoms with E-state index in [-0.39, 0.29) is 37.1 Å². The lowest BCUT2D eigenvalue weighted by molar-refractivity contribution is -0.137. The molecule has 1 fully saturated rings. The first kappa shape index (κ1) is 25.6. The number of halogens is 5. The fourth-order valence-electron chi connectivity index (χ4n) is 3.48. The Kier molecular flexibility index (Phi) is 7.83. The van der Waals surface area contributed by atoms with Crippen molar-refractivity contribution in [2.45, 2.75) is 12.7 Å². The molecule has 1 heterocycles. The molecule has 0 radical (unpaired) electrons. The lowest BCUT2D eigenvalue weighted by Gasteiger charge is -2.37. The zero-order valence-corrected chi connectivity index (χ0v) is 20.0. The average molecular weight is 524 g/mol. The van der Waals surface area contributed by atoms with Crippen LogP contribution in [-0.2, 0) is 27.5 Å². The number of sulfonamides is 1. The van der Waals surface area contributed by atoms with Crippen molar-refractivity contribution in [3.8, 4) is 0 Å². The van der Waals surface area contributed by atoms with Gasteiger partial charge in [0.25, 0.3) is 0 Å². The molecular weight excluding hydrogens is 502 g/mol. The molecule has 6 nitrogen and oxygen atoms in total. The maximum atomic E-state index is 13.0. The van der Waals surface area contributed by atoms with Crippen LogP contribution in [0, 0.1) is 0 Å². The highest BCUT2D eigenvalue weighted by Gasteiger charge is 2.31. The molecule has 33 heavy (non-hydrogen) atoms. The van der Waals surface area contributed by atoms with Crippen LogP contribution < -0.4 is 4.90 Å². The molecule has 1 amide bonds. The summed E-state index contributed by atoms with van der Waals surface area (Å²) in [5.41, 5.74) is 0.274. The highest BCUT2D eigenvalue weighted by molar-refractivity contribution is 7.88. The van der Waals surface area contributed by atoms with Gasteiger partial charge in [-0.1, -0.05) is 35.3 Å². The van der Waals surface area contributed by atoms with Crippen molar-refractivity contribution in [2.75, 3.05) is 43.9 Å². The summed E-state index contributed by atoms with van der Waals surface area (Å²) in [7, 11) is -3.70. The van der Waals surface area contributed by atoms with Crippen molar-refractivity contribution in [1.29, 1.82) is 0 Å². The topological polar surface area (TPSA) is 60.9 Å². The van der Waals surface area contributed by atoms with Crippen LogP contribution in [0.5, 0.6) is 0 Å². The van der Waals surface area contributed by atoms with Crippen LogP contribution in [0.15, 0.2) is 42.5 Å². The first-order valence-electron chi connectivity index (χ1n) is 9.93. The molecule has 1 aliphatic rings. The minimum Gasteiger partial charge on any atom is -0.368 e. The number of carbonyl (C=O) groups excluding carboxylic acids is 1. The number of piperazine rings is 1.